The predicted octanol–water partition coefficient (Wildman–Crippen LogP) is 3.86. The highest BCUT2D eigenvalue weighted by Gasteiger charge is 2.20. The molecule has 3 rings (SSSR count). The Bertz CT molecular complexity index is 689. The third-order valence-electron chi connectivity index (χ3n) is 4.60. The van der Waals surface area contributed by atoms with E-state index < -0.39 is 0 Å². The van der Waals surface area contributed by atoms with Crippen molar-refractivity contribution < 1.29 is 9.53 Å². The largest absolute Gasteiger partial charge is 0.381 e. The van der Waals surface area contributed by atoms with Crippen LogP contribution in [0.1, 0.15) is 34.3 Å². The molecular formula is C21H26N2O2. The number of amides is 1. The van der Waals surface area contributed by atoms with Gasteiger partial charge in [0, 0.05) is 38.0 Å². The Morgan fingerprint density at radius 2 is 1.88 bits per heavy atom. The van der Waals surface area contributed by atoms with Crippen LogP contribution >= 0.6 is 0 Å². The summed E-state index contributed by atoms with van der Waals surface area (Å²) in [6.45, 7) is 4.33. The molecule has 0 saturated carbocycles. The van der Waals surface area contributed by atoms with Crippen LogP contribution in [0.25, 0.3) is 0 Å². The summed E-state index contributed by atoms with van der Waals surface area (Å²) >= 11 is 0. The number of hydrogen-bond donors (Lipinski definition) is 1. The first-order valence-corrected chi connectivity index (χ1v) is 8.88. The molecule has 0 spiro atoms. The molecule has 0 aliphatic carbocycles. The van der Waals surface area contributed by atoms with Crippen LogP contribution in [-0.4, -0.2) is 37.1 Å². The average molecular weight is 338 g/mol. The Labute approximate surface area is 149 Å². The number of carbonyl (C=O) groups is 1. The zero-order chi connectivity index (χ0) is 17.6. The monoisotopic (exact) mass is 338 g/mol. The van der Waals surface area contributed by atoms with Gasteiger partial charge >= 0.3 is 0 Å². The molecule has 1 N–H and O–H groups in total. The van der Waals surface area contributed by atoms with Crippen LogP contribution in [0.15, 0.2) is 48.5 Å². The molecule has 0 aromatic heterocycles. The molecular weight excluding hydrogens is 312 g/mol. The first-order valence-electron chi connectivity index (χ1n) is 8.88. The molecule has 132 valence electrons. The summed E-state index contributed by atoms with van der Waals surface area (Å²) in [6.07, 6.45) is 2.32. The van der Waals surface area contributed by atoms with Crippen molar-refractivity contribution in [2.75, 3.05) is 25.5 Å². The molecule has 1 aliphatic rings. The van der Waals surface area contributed by atoms with E-state index in [2.05, 4.69) is 36.5 Å². The highest BCUT2D eigenvalue weighted by molar-refractivity contribution is 5.94. The van der Waals surface area contributed by atoms with Gasteiger partial charge < -0.3 is 15.0 Å². The number of anilines is 1. The lowest BCUT2D eigenvalue weighted by atomic mass is 10.1. The Morgan fingerprint density at radius 1 is 1.16 bits per heavy atom. The summed E-state index contributed by atoms with van der Waals surface area (Å²) < 4.78 is 5.61. The summed E-state index contributed by atoms with van der Waals surface area (Å²) in [7, 11) is 1.84. The number of carbonyl (C=O) groups excluding carboxylic acids is 1. The van der Waals surface area contributed by atoms with Gasteiger partial charge in [0.05, 0.1) is 6.10 Å². The minimum atomic E-state index is 0.0422. The van der Waals surface area contributed by atoms with Crippen LogP contribution in [0, 0.1) is 6.92 Å². The van der Waals surface area contributed by atoms with E-state index >= 15 is 0 Å². The van der Waals surface area contributed by atoms with Crippen molar-refractivity contribution in [3.8, 4) is 0 Å². The molecule has 25 heavy (non-hydrogen) atoms. The lowest BCUT2D eigenvalue weighted by molar-refractivity contribution is 0.0587. The molecule has 0 bridgehead atoms. The summed E-state index contributed by atoms with van der Waals surface area (Å²) in [5.74, 6) is 0.0422. The fourth-order valence-electron chi connectivity index (χ4n) is 3.04. The van der Waals surface area contributed by atoms with Crippen molar-refractivity contribution in [1.29, 1.82) is 0 Å². The van der Waals surface area contributed by atoms with Crippen LogP contribution in [0.3, 0.4) is 0 Å². The third kappa shape index (κ3) is 4.83. The summed E-state index contributed by atoms with van der Waals surface area (Å²) in [5.41, 5.74) is 4.22. The number of aryl methyl sites for hydroxylation is 1. The number of rotatable bonds is 6. The summed E-state index contributed by atoms with van der Waals surface area (Å²) in [4.78, 5) is 14.3. The number of benzene rings is 2. The highest BCUT2D eigenvalue weighted by atomic mass is 16.5. The van der Waals surface area contributed by atoms with Gasteiger partial charge in [-0.2, -0.15) is 0 Å². The van der Waals surface area contributed by atoms with Crippen molar-refractivity contribution in [2.45, 2.75) is 32.4 Å². The standard InChI is InChI=1S/C21H26N2O2/c1-16-5-7-17(8-6-16)14-22-19-11-9-18(10-12-19)21(24)23(2)15-20-4-3-13-25-20/h5-12,20,22H,3-4,13-15H2,1-2H3/t20-/m0/s1. The fraction of sp³-hybridized carbons (Fsp3) is 0.381. The molecule has 4 nitrogen and oxygen atoms in total. The molecule has 0 radical (unpaired) electrons. The van der Waals surface area contributed by atoms with Gasteiger partial charge in [0.25, 0.3) is 5.91 Å². The van der Waals surface area contributed by atoms with Crippen molar-refractivity contribution in [1.82, 2.24) is 4.90 Å². The molecule has 1 fully saturated rings. The van der Waals surface area contributed by atoms with Gasteiger partial charge in [-0.3, -0.25) is 4.79 Å². The summed E-state index contributed by atoms with van der Waals surface area (Å²) in [5, 5.41) is 3.39. The zero-order valence-electron chi connectivity index (χ0n) is 15.0. The Kier molecular flexibility index (Phi) is 5.71. The van der Waals surface area contributed by atoms with Crippen LogP contribution < -0.4 is 5.32 Å². The average Bonchev–Trinajstić information content (AvgIpc) is 3.14. The van der Waals surface area contributed by atoms with Gasteiger partial charge in [-0.15, -0.1) is 0 Å². The van der Waals surface area contributed by atoms with Gasteiger partial charge in [0.2, 0.25) is 0 Å². The van der Waals surface area contributed by atoms with Crippen molar-refractivity contribution in [3.63, 3.8) is 0 Å². The predicted molar refractivity (Wildman–Crippen MR) is 101 cm³/mol. The third-order valence-corrected chi connectivity index (χ3v) is 4.60. The fourth-order valence-corrected chi connectivity index (χ4v) is 3.04. The van der Waals surface area contributed by atoms with E-state index in [1.54, 1.807) is 4.90 Å². The molecule has 1 amide bonds. The number of nitrogens with zero attached hydrogens (tertiary/aromatic N) is 1. The van der Waals surface area contributed by atoms with Crippen LogP contribution in [0.2, 0.25) is 0 Å². The Balaban J connectivity index is 1.53. The zero-order valence-corrected chi connectivity index (χ0v) is 15.0. The SMILES string of the molecule is Cc1ccc(CNc2ccc(C(=O)N(C)C[C@@H]3CCCO3)cc2)cc1. The molecule has 1 atom stereocenters. The second kappa shape index (κ2) is 8.17. The van der Waals surface area contributed by atoms with Crippen molar-refractivity contribution >= 4 is 11.6 Å². The number of likely N-dealkylation sites (N-methyl/N-ethyl adjacent to an activating group) is 1. The van der Waals surface area contributed by atoms with Crippen molar-refractivity contribution in [2.24, 2.45) is 0 Å². The second-order valence-corrected chi connectivity index (χ2v) is 6.74. The van der Waals surface area contributed by atoms with E-state index in [1.165, 1.54) is 11.1 Å². The van der Waals surface area contributed by atoms with Gasteiger partial charge in [-0.25, -0.2) is 0 Å². The minimum Gasteiger partial charge on any atom is -0.381 e. The molecule has 4 heteroatoms. The van der Waals surface area contributed by atoms with Crippen molar-refractivity contribution in [3.05, 3.63) is 65.2 Å². The number of hydrogen-bond acceptors (Lipinski definition) is 3. The van der Waals surface area contributed by atoms with Gasteiger partial charge in [0.1, 0.15) is 0 Å². The van der Waals surface area contributed by atoms with Crippen LogP contribution in [0.4, 0.5) is 5.69 Å². The molecule has 1 saturated heterocycles. The molecule has 2 aromatic rings. The van der Waals surface area contributed by atoms with Gasteiger partial charge in [-0.05, 0) is 49.6 Å². The molecule has 1 heterocycles. The van der Waals surface area contributed by atoms with Crippen LogP contribution in [-0.2, 0) is 11.3 Å². The number of ether oxygens (including phenoxy) is 1. The first-order chi connectivity index (χ1) is 12.1. The molecule has 1 aliphatic heterocycles. The summed E-state index contributed by atoms with van der Waals surface area (Å²) in [6, 6.07) is 16.2. The smallest absolute Gasteiger partial charge is 0.253 e. The van der Waals surface area contributed by atoms with E-state index in [4.69, 9.17) is 4.74 Å². The van der Waals surface area contributed by atoms with Gasteiger partial charge in [0.15, 0.2) is 0 Å². The van der Waals surface area contributed by atoms with E-state index in [9.17, 15) is 4.79 Å². The van der Waals surface area contributed by atoms with E-state index in [0.717, 1.165) is 31.7 Å². The van der Waals surface area contributed by atoms with E-state index in [0.29, 0.717) is 12.1 Å². The second-order valence-electron chi connectivity index (χ2n) is 6.74. The van der Waals surface area contributed by atoms with Crippen LogP contribution in [0.5, 0.6) is 0 Å². The normalized spacial score (nSPS) is 16.6. The Hall–Kier alpha value is -2.33. The molecule has 2 aromatic carbocycles. The number of nitrogens with one attached hydrogen (secondary N) is 1. The molecule has 0 unspecified atom stereocenters. The first kappa shape index (κ1) is 17.5. The quantitative estimate of drug-likeness (QED) is 0.870. The lowest BCUT2D eigenvalue weighted by Gasteiger charge is -2.21. The Morgan fingerprint density at radius 3 is 2.52 bits per heavy atom. The van der Waals surface area contributed by atoms with E-state index in [1.807, 2.05) is 31.3 Å². The van der Waals surface area contributed by atoms with E-state index in [-0.39, 0.29) is 12.0 Å². The highest BCUT2D eigenvalue weighted by Crippen LogP contribution is 2.16. The van der Waals surface area contributed by atoms with Gasteiger partial charge in [-0.1, -0.05) is 29.8 Å². The topological polar surface area (TPSA) is 41.6 Å². The maximum atomic E-state index is 12.5. The lowest BCUT2D eigenvalue weighted by Crippen LogP contribution is -2.34. The maximum Gasteiger partial charge on any atom is 0.253 e. The maximum absolute atomic E-state index is 12.5. The minimum absolute atomic E-state index is 0.0422.